The molecule has 1 aliphatic rings. The van der Waals surface area contributed by atoms with Crippen molar-refractivity contribution in [3.05, 3.63) is 82.9 Å². The lowest BCUT2D eigenvalue weighted by atomic mass is 10.2. The average molecular weight is 467 g/mol. The largest absolute Gasteiger partial charge is 0.336 e. The second kappa shape index (κ2) is 8.81. The molecular weight excluding hydrogens is 443 g/mol. The molecule has 3 aromatic rings. The zero-order chi connectivity index (χ0) is 23.8. The molecule has 0 radical (unpaired) electrons. The van der Waals surface area contributed by atoms with Gasteiger partial charge in [-0.25, -0.2) is 12.8 Å². The number of hydrogen-bond donors (Lipinski definition) is 0. The molecule has 170 valence electrons. The number of halogens is 1. The minimum absolute atomic E-state index is 0.0184. The van der Waals surface area contributed by atoms with Crippen LogP contribution in [0.2, 0.25) is 0 Å². The number of nitrogens with zero attached hydrogens (tertiary/aromatic N) is 4. The van der Waals surface area contributed by atoms with E-state index < -0.39 is 10.0 Å². The van der Waals surface area contributed by atoms with Crippen LogP contribution in [0.3, 0.4) is 0 Å². The van der Waals surface area contributed by atoms with Crippen molar-refractivity contribution in [1.29, 1.82) is 5.26 Å². The topological polar surface area (TPSA) is 86.4 Å². The Labute approximate surface area is 192 Å². The summed E-state index contributed by atoms with van der Waals surface area (Å²) in [6, 6.07) is 15.9. The van der Waals surface area contributed by atoms with E-state index in [1.54, 1.807) is 35.2 Å². The maximum Gasteiger partial charge on any atom is 0.255 e. The summed E-state index contributed by atoms with van der Waals surface area (Å²) < 4.78 is 42.6. The molecule has 0 spiro atoms. The Hall–Kier alpha value is -3.48. The molecule has 0 bridgehead atoms. The summed E-state index contributed by atoms with van der Waals surface area (Å²) in [5.74, 6) is -0.506. The van der Waals surface area contributed by atoms with Crippen LogP contribution in [0.15, 0.2) is 59.5 Å². The highest BCUT2D eigenvalue weighted by Crippen LogP contribution is 2.25. The van der Waals surface area contributed by atoms with E-state index in [-0.39, 0.29) is 48.4 Å². The van der Waals surface area contributed by atoms with Gasteiger partial charge in [0.2, 0.25) is 10.0 Å². The number of hydrogen-bond acceptors (Lipinski definition) is 4. The Morgan fingerprint density at radius 2 is 1.64 bits per heavy atom. The molecule has 1 fully saturated rings. The molecule has 0 saturated carbocycles. The van der Waals surface area contributed by atoms with Crippen LogP contribution in [0.4, 0.5) is 4.39 Å². The standard InChI is InChI=1S/C24H23FN4O3S/c1-17-15-22(18(2)29(17)21-9-7-20(25)8-10-21)24(30)27-11-13-28(14-12-27)33(31,32)23-6-4-3-5-19(23)16-26/h3-10,15H,11-14H2,1-2H3. The fourth-order valence-corrected chi connectivity index (χ4v) is 5.76. The highest BCUT2D eigenvalue weighted by Gasteiger charge is 2.32. The number of amides is 1. The Morgan fingerprint density at radius 1 is 1.00 bits per heavy atom. The van der Waals surface area contributed by atoms with E-state index in [1.165, 1.54) is 28.6 Å². The highest BCUT2D eigenvalue weighted by atomic mass is 32.2. The molecule has 1 aromatic heterocycles. The van der Waals surface area contributed by atoms with Crippen molar-refractivity contribution in [2.75, 3.05) is 26.2 Å². The molecule has 9 heteroatoms. The third kappa shape index (κ3) is 4.15. The normalized spacial score (nSPS) is 14.8. The Balaban J connectivity index is 1.52. The number of benzene rings is 2. The first-order chi connectivity index (χ1) is 15.7. The van der Waals surface area contributed by atoms with Crippen LogP contribution < -0.4 is 0 Å². The van der Waals surface area contributed by atoms with Crippen LogP contribution in [0.25, 0.3) is 5.69 Å². The first kappa shape index (κ1) is 22.7. The van der Waals surface area contributed by atoms with Gasteiger partial charge in [0, 0.05) is 43.3 Å². The summed E-state index contributed by atoms with van der Waals surface area (Å²) in [6.45, 7) is 4.49. The van der Waals surface area contributed by atoms with E-state index in [9.17, 15) is 22.9 Å². The molecule has 0 aliphatic carbocycles. The highest BCUT2D eigenvalue weighted by molar-refractivity contribution is 7.89. The van der Waals surface area contributed by atoms with Crippen LogP contribution in [0, 0.1) is 31.0 Å². The maximum absolute atomic E-state index is 13.3. The number of aromatic nitrogens is 1. The molecule has 0 unspecified atom stereocenters. The molecule has 2 aromatic carbocycles. The van der Waals surface area contributed by atoms with Crippen molar-refractivity contribution in [3.8, 4) is 11.8 Å². The van der Waals surface area contributed by atoms with E-state index in [2.05, 4.69) is 0 Å². The minimum atomic E-state index is -3.83. The average Bonchev–Trinajstić information content (AvgIpc) is 3.13. The maximum atomic E-state index is 13.3. The number of aryl methyl sites for hydroxylation is 1. The Morgan fingerprint density at radius 3 is 2.27 bits per heavy atom. The van der Waals surface area contributed by atoms with Crippen LogP contribution in [0.1, 0.15) is 27.3 Å². The quantitative estimate of drug-likeness (QED) is 0.591. The van der Waals surface area contributed by atoms with Gasteiger partial charge in [-0.15, -0.1) is 0 Å². The van der Waals surface area contributed by atoms with Gasteiger partial charge in [0.25, 0.3) is 5.91 Å². The molecule has 1 saturated heterocycles. The van der Waals surface area contributed by atoms with Gasteiger partial charge in [-0.2, -0.15) is 9.57 Å². The second-order valence-electron chi connectivity index (χ2n) is 7.90. The fraction of sp³-hybridized carbons (Fsp3) is 0.250. The van der Waals surface area contributed by atoms with E-state index in [1.807, 2.05) is 24.5 Å². The lowest BCUT2D eigenvalue weighted by molar-refractivity contribution is 0.0697. The third-order valence-corrected chi connectivity index (χ3v) is 7.85. The van der Waals surface area contributed by atoms with Crippen molar-refractivity contribution in [1.82, 2.24) is 13.8 Å². The Kier molecular flexibility index (Phi) is 6.06. The number of carbonyl (C=O) groups is 1. The number of rotatable bonds is 4. The SMILES string of the molecule is Cc1cc(C(=O)N2CCN(S(=O)(=O)c3ccccc3C#N)CC2)c(C)n1-c1ccc(F)cc1. The summed E-state index contributed by atoms with van der Waals surface area (Å²) in [5.41, 5.74) is 2.98. The van der Waals surface area contributed by atoms with Gasteiger partial charge < -0.3 is 9.47 Å². The van der Waals surface area contributed by atoms with Crippen LogP contribution in [-0.2, 0) is 10.0 Å². The number of carbonyl (C=O) groups excluding carboxylic acids is 1. The molecular formula is C24H23FN4O3S. The van der Waals surface area contributed by atoms with Gasteiger partial charge in [-0.05, 0) is 56.3 Å². The fourth-order valence-electron chi connectivity index (χ4n) is 4.19. The summed E-state index contributed by atoms with van der Waals surface area (Å²) in [7, 11) is -3.83. The molecule has 33 heavy (non-hydrogen) atoms. The summed E-state index contributed by atoms with van der Waals surface area (Å²) in [4.78, 5) is 14.9. The van der Waals surface area contributed by atoms with Crippen molar-refractivity contribution in [2.24, 2.45) is 0 Å². The lowest BCUT2D eigenvalue weighted by Gasteiger charge is -2.34. The van der Waals surface area contributed by atoms with Crippen LogP contribution >= 0.6 is 0 Å². The van der Waals surface area contributed by atoms with E-state index in [0.717, 1.165) is 17.1 Å². The summed E-state index contributed by atoms with van der Waals surface area (Å²) >= 11 is 0. The van der Waals surface area contributed by atoms with Gasteiger partial charge in [0.05, 0.1) is 16.0 Å². The van der Waals surface area contributed by atoms with Crippen molar-refractivity contribution in [3.63, 3.8) is 0 Å². The van der Waals surface area contributed by atoms with Crippen molar-refractivity contribution < 1.29 is 17.6 Å². The van der Waals surface area contributed by atoms with Gasteiger partial charge in [0.15, 0.2) is 0 Å². The van der Waals surface area contributed by atoms with Crippen molar-refractivity contribution in [2.45, 2.75) is 18.7 Å². The predicted molar refractivity (Wildman–Crippen MR) is 121 cm³/mol. The molecule has 0 atom stereocenters. The number of nitriles is 1. The molecule has 0 N–H and O–H groups in total. The molecule has 4 rings (SSSR count). The summed E-state index contributed by atoms with van der Waals surface area (Å²) in [6.07, 6.45) is 0. The predicted octanol–water partition coefficient (Wildman–Crippen LogP) is 3.25. The van der Waals surface area contributed by atoms with Crippen LogP contribution in [0.5, 0.6) is 0 Å². The molecule has 1 amide bonds. The first-order valence-corrected chi connectivity index (χ1v) is 11.9. The van der Waals surface area contributed by atoms with Gasteiger partial charge in [-0.3, -0.25) is 4.79 Å². The van der Waals surface area contributed by atoms with Crippen molar-refractivity contribution >= 4 is 15.9 Å². The molecule has 1 aliphatic heterocycles. The Bertz CT molecular complexity index is 1350. The monoisotopic (exact) mass is 466 g/mol. The van der Waals surface area contributed by atoms with Gasteiger partial charge in [-0.1, -0.05) is 12.1 Å². The van der Waals surface area contributed by atoms with E-state index >= 15 is 0 Å². The number of sulfonamides is 1. The molecule has 7 nitrogen and oxygen atoms in total. The van der Waals surface area contributed by atoms with E-state index in [0.29, 0.717) is 5.56 Å². The van der Waals surface area contributed by atoms with Crippen LogP contribution in [-0.4, -0.2) is 54.3 Å². The lowest BCUT2D eigenvalue weighted by Crippen LogP contribution is -2.50. The number of piperazine rings is 1. The van der Waals surface area contributed by atoms with E-state index in [4.69, 9.17) is 0 Å². The zero-order valence-corrected chi connectivity index (χ0v) is 19.1. The smallest absolute Gasteiger partial charge is 0.255 e. The van der Waals surface area contributed by atoms with Gasteiger partial charge >= 0.3 is 0 Å². The van der Waals surface area contributed by atoms with Gasteiger partial charge in [0.1, 0.15) is 11.9 Å². The second-order valence-corrected chi connectivity index (χ2v) is 9.81. The third-order valence-electron chi connectivity index (χ3n) is 5.90. The minimum Gasteiger partial charge on any atom is -0.336 e. The first-order valence-electron chi connectivity index (χ1n) is 10.5. The molecule has 2 heterocycles. The zero-order valence-electron chi connectivity index (χ0n) is 18.3. The summed E-state index contributed by atoms with van der Waals surface area (Å²) in [5, 5.41) is 9.26.